The summed E-state index contributed by atoms with van der Waals surface area (Å²) in [6, 6.07) is 0. The van der Waals surface area contributed by atoms with Crippen molar-refractivity contribution in [2.75, 3.05) is 0 Å². The van der Waals surface area contributed by atoms with Crippen LogP contribution in [0.4, 0.5) is 0 Å². The molecule has 0 fully saturated rings. The summed E-state index contributed by atoms with van der Waals surface area (Å²) >= 11 is 0. The molecule has 0 aliphatic carbocycles. The van der Waals surface area contributed by atoms with E-state index < -0.39 is 6.29 Å². The lowest BCUT2D eigenvalue weighted by Gasteiger charge is -1.75. The van der Waals surface area contributed by atoms with Gasteiger partial charge < -0.3 is 5.11 Å². The lowest BCUT2D eigenvalue weighted by atomic mass is 10.8. The first-order chi connectivity index (χ1) is 1.73. The summed E-state index contributed by atoms with van der Waals surface area (Å²) < 4.78 is 0. The number of hydrogen-bond donors (Lipinski definition) is 1. The van der Waals surface area contributed by atoms with E-state index in [4.69, 9.17) is 10.2 Å². The zero-order chi connectivity index (χ0) is 3.58. The molecule has 2 nitrogen and oxygen atoms in total. The summed E-state index contributed by atoms with van der Waals surface area (Å²) in [6.07, 6.45) is -1.42. The summed E-state index contributed by atoms with van der Waals surface area (Å²) in [5.74, 6) is 0. The van der Waals surface area contributed by atoms with Crippen molar-refractivity contribution in [2.45, 2.75) is 13.2 Å². The molecule has 0 aromatic rings. The van der Waals surface area contributed by atoms with Crippen LogP contribution in [0.3, 0.4) is 0 Å². The van der Waals surface area contributed by atoms with E-state index in [2.05, 4.69) is 0 Å². The largest absolute Gasteiger partial charge is 0.366 e. The predicted octanol–water partition coefficient (Wildman–Crippen LogP) is -0.245. The van der Waals surface area contributed by atoms with Crippen molar-refractivity contribution in [1.82, 2.24) is 0 Å². The van der Waals surface area contributed by atoms with Crippen LogP contribution in [0, 0.1) is 0 Å². The van der Waals surface area contributed by atoms with Crippen LogP contribution in [0.1, 0.15) is 6.92 Å². The Kier molecular flexibility index (Phi) is 1.24. The molecule has 0 saturated heterocycles. The smallest absolute Gasteiger partial charge is 0.185 e. The number of hydrogen-bond acceptors (Lipinski definition) is 1. The summed E-state index contributed by atoms with van der Waals surface area (Å²) in [6.45, 7) is 1.17. The van der Waals surface area contributed by atoms with Crippen LogP contribution in [-0.4, -0.2) is 11.4 Å². The topological polar surface area (TPSA) is 40.1 Å². The molecule has 0 aromatic heterocycles. The molecule has 2 heteroatoms. The molecule has 0 amide bonds. The first kappa shape index (κ1) is 3.92. The van der Waals surface area contributed by atoms with Crippen LogP contribution in [0.5, 0.6) is 0 Å². The molecule has 25 valence electrons. The molecule has 0 spiro atoms. The van der Waals surface area contributed by atoms with Crippen molar-refractivity contribution in [2.24, 2.45) is 0 Å². The Labute approximate surface area is 24.7 Å². The standard InChI is InChI=1S/C2H5O2/c1-2(3)4/h2-3H,1H3. The third kappa shape index (κ3) is 254. The molecule has 4 heavy (non-hydrogen) atoms. The van der Waals surface area contributed by atoms with E-state index in [9.17, 15) is 0 Å². The molecule has 0 aromatic carbocycles. The summed E-state index contributed by atoms with van der Waals surface area (Å²) in [4.78, 5) is 0. The average Bonchev–Trinajstić information content (AvgIpc) is 0.811. The fraction of sp³-hybridized carbons (Fsp3) is 1.00. The van der Waals surface area contributed by atoms with Crippen molar-refractivity contribution in [3.8, 4) is 0 Å². The summed E-state index contributed by atoms with van der Waals surface area (Å²) in [5.41, 5.74) is 0. The van der Waals surface area contributed by atoms with Gasteiger partial charge in [-0.25, -0.2) is 5.11 Å². The molecule has 1 unspecified atom stereocenters. The molecule has 0 bridgehead atoms. The van der Waals surface area contributed by atoms with Gasteiger partial charge in [-0.15, -0.1) is 0 Å². The Morgan fingerprint density at radius 2 is 2.00 bits per heavy atom. The number of aliphatic hydroxyl groups is 1. The van der Waals surface area contributed by atoms with E-state index in [1.165, 1.54) is 6.92 Å². The van der Waals surface area contributed by atoms with Crippen LogP contribution in [0.25, 0.3) is 0 Å². The normalized spacial score (nSPS) is 9.00. The number of rotatable bonds is 0. The highest BCUT2D eigenvalue weighted by atomic mass is 16.5. The van der Waals surface area contributed by atoms with E-state index >= 15 is 0 Å². The molecule has 1 N–H and O–H groups in total. The highest BCUT2D eigenvalue weighted by Gasteiger charge is 1.74. The zero-order valence-corrected chi connectivity index (χ0v) is 2.43. The Morgan fingerprint density at radius 1 is 2.00 bits per heavy atom. The Bertz CT molecular complexity index is 8.75. The van der Waals surface area contributed by atoms with Gasteiger partial charge in [-0.05, 0) is 6.92 Å². The molecule has 0 aliphatic heterocycles. The summed E-state index contributed by atoms with van der Waals surface area (Å²) in [7, 11) is 0. The minimum absolute atomic E-state index is 1.17. The highest BCUT2D eigenvalue weighted by molar-refractivity contribution is 4.01. The van der Waals surface area contributed by atoms with Gasteiger partial charge in [0.15, 0.2) is 6.29 Å². The average molecular weight is 61.1 g/mol. The van der Waals surface area contributed by atoms with E-state index in [0.717, 1.165) is 0 Å². The van der Waals surface area contributed by atoms with Gasteiger partial charge in [0.25, 0.3) is 0 Å². The molecule has 1 atom stereocenters. The molecule has 0 rings (SSSR count). The van der Waals surface area contributed by atoms with Crippen LogP contribution in [0.15, 0.2) is 0 Å². The second kappa shape index (κ2) is 1.26. The van der Waals surface area contributed by atoms with E-state index in [0.29, 0.717) is 0 Å². The van der Waals surface area contributed by atoms with Gasteiger partial charge in [0.2, 0.25) is 0 Å². The van der Waals surface area contributed by atoms with Gasteiger partial charge in [0.05, 0.1) is 0 Å². The number of aliphatic hydroxyl groups excluding tert-OH is 1. The second-order valence-corrected chi connectivity index (χ2v) is 0.599. The zero-order valence-electron chi connectivity index (χ0n) is 2.43. The quantitative estimate of drug-likeness (QED) is 0.385. The third-order valence-corrected chi connectivity index (χ3v) is 0. The van der Waals surface area contributed by atoms with Gasteiger partial charge in [0.1, 0.15) is 0 Å². The van der Waals surface area contributed by atoms with Gasteiger partial charge in [-0.3, -0.25) is 0 Å². The van der Waals surface area contributed by atoms with Crippen molar-refractivity contribution < 1.29 is 10.2 Å². The predicted molar refractivity (Wildman–Crippen MR) is 12.4 cm³/mol. The van der Waals surface area contributed by atoms with Crippen molar-refractivity contribution in [1.29, 1.82) is 0 Å². The van der Waals surface area contributed by atoms with E-state index in [1.807, 2.05) is 0 Å². The fourth-order valence-corrected chi connectivity index (χ4v) is 0. The van der Waals surface area contributed by atoms with Gasteiger partial charge >= 0.3 is 0 Å². The monoisotopic (exact) mass is 61.0 g/mol. The molecular formula is C2H5O2. The van der Waals surface area contributed by atoms with Crippen molar-refractivity contribution in [3.63, 3.8) is 0 Å². The van der Waals surface area contributed by atoms with Crippen LogP contribution in [-0.2, 0) is 5.11 Å². The van der Waals surface area contributed by atoms with Crippen molar-refractivity contribution in [3.05, 3.63) is 0 Å². The molecule has 0 heterocycles. The Balaban J connectivity index is 2.32. The minimum atomic E-state index is -1.42. The minimum Gasteiger partial charge on any atom is -0.366 e. The van der Waals surface area contributed by atoms with Crippen molar-refractivity contribution >= 4 is 0 Å². The van der Waals surface area contributed by atoms with Gasteiger partial charge in [-0.1, -0.05) is 0 Å². The third-order valence-electron chi connectivity index (χ3n) is 0. The van der Waals surface area contributed by atoms with E-state index in [-0.39, 0.29) is 0 Å². The molecular weight excluding hydrogens is 56.0 g/mol. The Morgan fingerprint density at radius 3 is 2.00 bits per heavy atom. The first-order valence-corrected chi connectivity index (χ1v) is 1.07. The van der Waals surface area contributed by atoms with E-state index in [1.54, 1.807) is 0 Å². The SMILES string of the molecule is CC([O])O. The van der Waals surface area contributed by atoms with Gasteiger partial charge in [0, 0.05) is 0 Å². The molecule has 1 radical (unpaired) electrons. The Hall–Kier alpha value is -0.0800. The van der Waals surface area contributed by atoms with Crippen LogP contribution < -0.4 is 0 Å². The highest BCUT2D eigenvalue weighted by Crippen LogP contribution is 1.60. The van der Waals surface area contributed by atoms with Crippen LogP contribution in [0.2, 0.25) is 0 Å². The summed E-state index contributed by atoms with van der Waals surface area (Å²) in [5, 5.41) is 16.6. The molecule has 0 saturated carbocycles. The lowest BCUT2D eigenvalue weighted by molar-refractivity contribution is -0.0757. The maximum atomic E-state index is 9.08. The maximum Gasteiger partial charge on any atom is 0.185 e. The first-order valence-electron chi connectivity index (χ1n) is 1.07. The fourth-order valence-electron chi connectivity index (χ4n) is 0. The molecule has 0 aliphatic rings. The van der Waals surface area contributed by atoms with Gasteiger partial charge in [-0.2, -0.15) is 0 Å². The maximum absolute atomic E-state index is 9.08. The second-order valence-electron chi connectivity index (χ2n) is 0.599. The van der Waals surface area contributed by atoms with Crippen LogP contribution >= 0.6 is 0 Å². The lowest BCUT2D eigenvalue weighted by Crippen LogP contribution is -1.89.